The molecule has 0 aromatic heterocycles. The fourth-order valence-electron chi connectivity index (χ4n) is 0.717. The second kappa shape index (κ2) is 4.72. The van der Waals surface area contributed by atoms with Gasteiger partial charge in [-0.2, -0.15) is 0 Å². The third-order valence-corrected chi connectivity index (χ3v) is 2.12. The van der Waals surface area contributed by atoms with E-state index >= 15 is 0 Å². The molecule has 0 heterocycles. The lowest BCUT2D eigenvalue weighted by Crippen LogP contribution is -1.91. The molecule has 0 saturated heterocycles. The number of rotatable bonds is 3. The zero-order valence-electron chi connectivity index (χ0n) is 7.32. The summed E-state index contributed by atoms with van der Waals surface area (Å²) in [6, 6.07) is 7.72. The van der Waals surface area contributed by atoms with E-state index in [1.165, 1.54) is 5.56 Å². The van der Waals surface area contributed by atoms with Crippen LogP contribution in [0.5, 0.6) is 0 Å². The average Bonchev–Trinajstić information content (AvgIpc) is 2.16. The van der Waals surface area contributed by atoms with E-state index in [1.807, 2.05) is 31.2 Å². The highest BCUT2D eigenvalue weighted by molar-refractivity contribution is 7.95. The molecule has 1 aromatic carbocycles. The maximum atomic E-state index is 10.7. The van der Waals surface area contributed by atoms with Crippen molar-refractivity contribution in [1.29, 1.82) is 0 Å². The van der Waals surface area contributed by atoms with Crippen LogP contribution < -0.4 is 0 Å². The SMILES string of the molecule is C=CC(=O)OSc1ccc(C)cc1. The topological polar surface area (TPSA) is 26.3 Å². The first-order valence-electron chi connectivity index (χ1n) is 3.80. The zero-order chi connectivity index (χ0) is 9.68. The minimum atomic E-state index is -0.425. The molecule has 0 aliphatic carbocycles. The van der Waals surface area contributed by atoms with Crippen LogP contribution in [0, 0.1) is 6.92 Å². The van der Waals surface area contributed by atoms with Crippen molar-refractivity contribution in [2.75, 3.05) is 0 Å². The van der Waals surface area contributed by atoms with Gasteiger partial charge in [0.2, 0.25) is 0 Å². The third kappa shape index (κ3) is 3.34. The monoisotopic (exact) mass is 194 g/mol. The van der Waals surface area contributed by atoms with Crippen LogP contribution in [0.1, 0.15) is 5.56 Å². The highest BCUT2D eigenvalue weighted by atomic mass is 32.2. The summed E-state index contributed by atoms with van der Waals surface area (Å²) in [5.41, 5.74) is 1.18. The van der Waals surface area contributed by atoms with E-state index in [9.17, 15) is 4.79 Å². The van der Waals surface area contributed by atoms with Gasteiger partial charge in [0.05, 0.1) is 12.0 Å². The van der Waals surface area contributed by atoms with Crippen molar-refractivity contribution in [2.24, 2.45) is 0 Å². The largest absolute Gasteiger partial charge is 0.383 e. The standard InChI is InChI=1S/C10H10O2S/c1-3-10(11)12-13-9-6-4-8(2)5-7-9/h3-7H,1H2,2H3. The molecular weight excluding hydrogens is 184 g/mol. The molecule has 0 atom stereocenters. The van der Waals surface area contributed by atoms with Crippen molar-refractivity contribution >= 4 is 18.0 Å². The second-order valence-electron chi connectivity index (χ2n) is 2.50. The van der Waals surface area contributed by atoms with E-state index in [-0.39, 0.29) is 0 Å². The number of benzene rings is 1. The van der Waals surface area contributed by atoms with E-state index in [0.717, 1.165) is 23.0 Å². The van der Waals surface area contributed by atoms with Gasteiger partial charge in [-0.15, -0.1) is 0 Å². The van der Waals surface area contributed by atoms with Crippen LogP contribution >= 0.6 is 12.0 Å². The van der Waals surface area contributed by atoms with Crippen molar-refractivity contribution in [3.63, 3.8) is 0 Å². The number of aryl methyl sites for hydroxylation is 1. The fourth-order valence-corrected chi connectivity index (χ4v) is 1.21. The van der Waals surface area contributed by atoms with Crippen molar-refractivity contribution in [1.82, 2.24) is 0 Å². The van der Waals surface area contributed by atoms with E-state index < -0.39 is 5.97 Å². The minimum Gasteiger partial charge on any atom is -0.383 e. The van der Waals surface area contributed by atoms with Gasteiger partial charge in [-0.05, 0) is 19.1 Å². The molecule has 1 rings (SSSR count). The number of hydrogen-bond donors (Lipinski definition) is 0. The van der Waals surface area contributed by atoms with Crippen molar-refractivity contribution in [2.45, 2.75) is 11.8 Å². The van der Waals surface area contributed by atoms with Gasteiger partial charge < -0.3 is 4.18 Å². The van der Waals surface area contributed by atoms with Gasteiger partial charge in [0.15, 0.2) is 0 Å². The quantitative estimate of drug-likeness (QED) is 0.546. The summed E-state index contributed by atoms with van der Waals surface area (Å²) in [5.74, 6) is -0.425. The summed E-state index contributed by atoms with van der Waals surface area (Å²) < 4.78 is 4.78. The van der Waals surface area contributed by atoms with E-state index in [4.69, 9.17) is 4.18 Å². The fraction of sp³-hybridized carbons (Fsp3) is 0.100. The molecule has 3 heteroatoms. The Morgan fingerprint density at radius 2 is 2.08 bits per heavy atom. The van der Waals surface area contributed by atoms with Crippen molar-refractivity contribution in [3.05, 3.63) is 42.5 Å². The van der Waals surface area contributed by atoms with Crippen LogP contribution in [-0.2, 0) is 8.98 Å². The number of hydrogen-bond acceptors (Lipinski definition) is 3. The first kappa shape index (κ1) is 9.86. The number of carbonyl (C=O) groups is 1. The molecule has 0 spiro atoms. The Bertz CT molecular complexity index is 303. The van der Waals surface area contributed by atoms with E-state index in [2.05, 4.69) is 6.58 Å². The highest BCUT2D eigenvalue weighted by Gasteiger charge is 1.98. The Kier molecular flexibility index (Phi) is 3.58. The lowest BCUT2D eigenvalue weighted by molar-refractivity contribution is -0.127. The molecule has 0 radical (unpaired) electrons. The average molecular weight is 194 g/mol. The zero-order valence-corrected chi connectivity index (χ0v) is 8.14. The van der Waals surface area contributed by atoms with Gasteiger partial charge in [-0.25, -0.2) is 4.79 Å². The summed E-state index contributed by atoms with van der Waals surface area (Å²) in [4.78, 5) is 11.6. The Labute approximate surface area is 81.8 Å². The maximum Gasteiger partial charge on any atom is 0.342 e. The molecule has 0 bridgehead atoms. The van der Waals surface area contributed by atoms with Crippen LogP contribution in [0.4, 0.5) is 0 Å². The van der Waals surface area contributed by atoms with Crippen molar-refractivity contribution in [3.8, 4) is 0 Å². The molecule has 0 saturated carbocycles. The second-order valence-corrected chi connectivity index (χ2v) is 3.31. The first-order chi connectivity index (χ1) is 6.22. The summed E-state index contributed by atoms with van der Waals surface area (Å²) in [5, 5.41) is 0. The summed E-state index contributed by atoms with van der Waals surface area (Å²) in [6.45, 7) is 5.30. The highest BCUT2D eigenvalue weighted by Crippen LogP contribution is 2.19. The summed E-state index contributed by atoms with van der Waals surface area (Å²) in [7, 11) is 0. The minimum absolute atomic E-state index is 0.425. The Morgan fingerprint density at radius 1 is 1.46 bits per heavy atom. The Balaban J connectivity index is 2.50. The van der Waals surface area contributed by atoms with Crippen LogP contribution in [-0.4, -0.2) is 5.97 Å². The number of carbonyl (C=O) groups excluding carboxylic acids is 1. The van der Waals surface area contributed by atoms with Crippen LogP contribution in [0.3, 0.4) is 0 Å². The third-order valence-electron chi connectivity index (χ3n) is 1.41. The summed E-state index contributed by atoms with van der Waals surface area (Å²) in [6.07, 6.45) is 1.14. The predicted molar refractivity (Wildman–Crippen MR) is 53.3 cm³/mol. The van der Waals surface area contributed by atoms with Crippen LogP contribution in [0.2, 0.25) is 0 Å². The molecule has 1 aromatic rings. The molecule has 0 aliphatic rings. The molecule has 68 valence electrons. The normalized spacial score (nSPS) is 9.31. The molecule has 13 heavy (non-hydrogen) atoms. The summed E-state index contributed by atoms with van der Waals surface area (Å²) >= 11 is 1.04. The van der Waals surface area contributed by atoms with Gasteiger partial charge in [-0.3, -0.25) is 0 Å². The smallest absolute Gasteiger partial charge is 0.342 e. The van der Waals surface area contributed by atoms with Gasteiger partial charge in [0.25, 0.3) is 0 Å². The van der Waals surface area contributed by atoms with Gasteiger partial charge in [-0.1, -0.05) is 24.3 Å². The molecule has 0 unspecified atom stereocenters. The molecule has 0 aliphatic heterocycles. The molecule has 0 fully saturated rings. The molecular formula is C10H10O2S. The van der Waals surface area contributed by atoms with Gasteiger partial charge in [0, 0.05) is 11.0 Å². The van der Waals surface area contributed by atoms with Gasteiger partial charge >= 0.3 is 5.97 Å². The first-order valence-corrected chi connectivity index (χ1v) is 4.54. The van der Waals surface area contributed by atoms with Crippen molar-refractivity contribution < 1.29 is 8.98 Å². The predicted octanol–water partition coefficient (Wildman–Crippen LogP) is 2.73. The molecule has 0 N–H and O–H groups in total. The lowest BCUT2D eigenvalue weighted by Gasteiger charge is -1.99. The molecule has 2 nitrogen and oxygen atoms in total. The van der Waals surface area contributed by atoms with Crippen LogP contribution in [0.25, 0.3) is 0 Å². The Hall–Kier alpha value is -1.22. The Morgan fingerprint density at radius 3 is 2.62 bits per heavy atom. The molecule has 0 amide bonds. The van der Waals surface area contributed by atoms with E-state index in [1.54, 1.807) is 0 Å². The van der Waals surface area contributed by atoms with Gasteiger partial charge in [0.1, 0.15) is 0 Å². The lowest BCUT2D eigenvalue weighted by atomic mass is 10.2. The van der Waals surface area contributed by atoms with Crippen LogP contribution in [0.15, 0.2) is 41.8 Å². The maximum absolute atomic E-state index is 10.7. The van der Waals surface area contributed by atoms with E-state index in [0.29, 0.717) is 0 Å².